The quantitative estimate of drug-likeness (QED) is 0.708. The maximum absolute atomic E-state index is 13.0. The fraction of sp³-hybridized carbons (Fsp3) is 0.158. The molecule has 2 aromatic carbocycles. The molecule has 2 heterocycles. The molecule has 0 N–H and O–H groups in total. The largest absolute Gasteiger partial charge is 0.456 e. The maximum atomic E-state index is 13.0. The summed E-state index contributed by atoms with van der Waals surface area (Å²) < 4.78 is 6.10. The van der Waals surface area contributed by atoms with Gasteiger partial charge in [-0.25, -0.2) is 0 Å². The Hall–Kier alpha value is -2.33. The molecule has 1 aliphatic rings. The second kappa shape index (κ2) is 5.70. The highest BCUT2D eigenvalue weighted by Gasteiger charge is 2.19. The van der Waals surface area contributed by atoms with E-state index in [2.05, 4.69) is 4.99 Å². The first-order chi connectivity index (χ1) is 11.3. The fourth-order valence-electron chi connectivity index (χ4n) is 2.87. The molecule has 0 amide bonds. The summed E-state index contributed by atoms with van der Waals surface area (Å²) in [5.74, 6) is 1.61. The summed E-state index contributed by atoms with van der Waals surface area (Å²) in [6.07, 6.45) is 0. The summed E-state index contributed by atoms with van der Waals surface area (Å²) in [5.41, 5.74) is 3.09. The van der Waals surface area contributed by atoms with Crippen LogP contribution < -0.4 is 5.43 Å². The van der Waals surface area contributed by atoms with Gasteiger partial charge in [0, 0.05) is 29.0 Å². The van der Waals surface area contributed by atoms with Crippen LogP contribution in [0.2, 0.25) is 0 Å². The van der Waals surface area contributed by atoms with Gasteiger partial charge in [0.15, 0.2) is 5.43 Å². The highest BCUT2D eigenvalue weighted by atomic mass is 32.2. The van der Waals surface area contributed by atoms with Crippen molar-refractivity contribution in [2.24, 2.45) is 4.99 Å². The first kappa shape index (κ1) is 14.3. The minimum Gasteiger partial charge on any atom is -0.456 e. The summed E-state index contributed by atoms with van der Waals surface area (Å²) in [5, 5.41) is 1.58. The fourth-order valence-corrected chi connectivity index (χ4v) is 3.75. The van der Waals surface area contributed by atoms with Crippen molar-refractivity contribution in [2.45, 2.75) is 6.92 Å². The number of fused-ring (bicyclic) bond motifs is 1. The molecule has 3 nitrogen and oxygen atoms in total. The molecule has 4 heteroatoms. The van der Waals surface area contributed by atoms with E-state index in [0.29, 0.717) is 22.3 Å². The van der Waals surface area contributed by atoms with E-state index in [1.807, 2.05) is 55.5 Å². The molecule has 0 spiro atoms. The third-order valence-electron chi connectivity index (χ3n) is 4.00. The Morgan fingerprint density at radius 2 is 1.91 bits per heavy atom. The Labute approximate surface area is 138 Å². The maximum Gasteiger partial charge on any atom is 0.196 e. The molecule has 3 aromatic rings. The van der Waals surface area contributed by atoms with Gasteiger partial charge >= 0.3 is 0 Å². The molecule has 114 valence electrons. The van der Waals surface area contributed by atoms with E-state index in [1.54, 1.807) is 11.8 Å². The zero-order valence-corrected chi connectivity index (χ0v) is 13.5. The summed E-state index contributed by atoms with van der Waals surface area (Å²) in [7, 11) is 0. The van der Waals surface area contributed by atoms with Gasteiger partial charge < -0.3 is 4.42 Å². The Morgan fingerprint density at radius 3 is 2.65 bits per heavy atom. The zero-order valence-electron chi connectivity index (χ0n) is 12.7. The highest BCUT2D eigenvalue weighted by molar-refractivity contribution is 8.14. The zero-order chi connectivity index (χ0) is 15.8. The average Bonchev–Trinajstić information content (AvgIpc) is 3.13. The van der Waals surface area contributed by atoms with Crippen LogP contribution in [0.4, 0.5) is 0 Å². The van der Waals surface area contributed by atoms with Crippen molar-refractivity contribution in [3.8, 4) is 11.3 Å². The number of hydrogen-bond donors (Lipinski definition) is 0. The SMILES string of the molecule is Cc1c(-c2ccccc2)oc2cccc(C3=NCCS3)c2c1=O. The lowest BCUT2D eigenvalue weighted by molar-refractivity contribution is 0.614. The lowest BCUT2D eigenvalue weighted by Crippen LogP contribution is -2.11. The molecule has 0 aliphatic carbocycles. The molecule has 1 aromatic heterocycles. The number of benzene rings is 2. The molecule has 0 saturated carbocycles. The number of rotatable bonds is 2. The van der Waals surface area contributed by atoms with Gasteiger partial charge in [0.05, 0.1) is 10.4 Å². The van der Waals surface area contributed by atoms with Crippen molar-refractivity contribution < 1.29 is 4.42 Å². The Balaban J connectivity index is 2.02. The van der Waals surface area contributed by atoms with E-state index < -0.39 is 0 Å². The monoisotopic (exact) mass is 321 g/mol. The van der Waals surface area contributed by atoms with Crippen LogP contribution in [0.1, 0.15) is 11.1 Å². The van der Waals surface area contributed by atoms with E-state index in [4.69, 9.17) is 4.42 Å². The standard InChI is InChI=1S/C19H15NO2S/c1-12-17(21)16-14(19-20-10-11-23-19)8-5-9-15(16)22-18(12)13-6-3-2-4-7-13/h2-9H,10-11H2,1H3. The van der Waals surface area contributed by atoms with Crippen molar-refractivity contribution in [1.82, 2.24) is 0 Å². The normalized spacial score (nSPS) is 14.2. The van der Waals surface area contributed by atoms with Crippen LogP contribution in [0.3, 0.4) is 0 Å². The van der Waals surface area contributed by atoms with Gasteiger partial charge in [0.25, 0.3) is 0 Å². The Kier molecular flexibility index (Phi) is 3.54. The second-order valence-electron chi connectivity index (χ2n) is 5.47. The minimum atomic E-state index is 0.0240. The lowest BCUT2D eigenvalue weighted by Gasteiger charge is -2.10. The van der Waals surface area contributed by atoms with E-state index in [1.165, 1.54) is 0 Å². The Bertz CT molecular complexity index is 974. The predicted octanol–water partition coefficient (Wildman–Crippen LogP) is 4.26. The smallest absolute Gasteiger partial charge is 0.196 e. The molecule has 0 saturated heterocycles. The van der Waals surface area contributed by atoms with Crippen molar-refractivity contribution in [3.63, 3.8) is 0 Å². The third-order valence-corrected chi connectivity index (χ3v) is 5.01. The van der Waals surface area contributed by atoms with Crippen molar-refractivity contribution in [2.75, 3.05) is 12.3 Å². The summed E-state index contributed by atoms with van der Waals surface area (Å²) in [4.78, 5) is 17.5. The van der Waals surface area contributed by atoms with E-state index in [9.17, 15) is 4.79 Å². The molecular weight excluding hydrogens is 306 g/mol. The molecule has 0 fully saturated rings. The molecule has 0 atom stereocenters. The first-order valence-electron chi connectivity index (χ1n) is 7.55. The van der Waals surface area contributed by atoms with Gasteiger partial charge in [0.2, 0.25) is 0 Å². The summed E-state index contributed by atoms with van der Waals surface area (Å²) in [6, 6.07) is 15.5. The van der Waals surface area contributed by atoms with Crippen molar-refractivity contribution in [3.05, 3.63) is 69.9 Å². The molecule has 0 unspecified atom stereocenters. The topological polar surface area (TPSA) is 42.6 Å². The summed E-state index contributed by atoms with van der Waals surface area (Å²) in [6.45, 7) is 2.64. The van der Waals surface area contributed by atoms with Gasteiger partial charge in [-0.3, -0.25) is 9.79 Å². The number of hydrogen-bond acceptors (Lipinski definition) is 4. The predicted molar refractivity (Wildman–Crippen MR) is 96.5 cm³/mol. The first-order valence-corrected chi connectivity index (χ1v) is 8.54. The van der Waals surface area contributed by atoms with Gasteiger partial charge in [0.1, 0.15) is 11.3 Å². The molecular formula is C19H15NO2S. The van der Waals surface area contributed by atoms with Crippen molar-refractivity contribution in [1.29, 1.82) is 0 Å². The molecule has 0 bridgehead atoms. The van der Waals surface area contributed by atoms with Crippen LogP contribution in [0, 0.1) is 6.92 Å². The summed E-state index contributed by atoms with van der Waals surface area (Å²) >= 11 is 1.69. The van der Waals surface area contributed by atoms with Gasteiger partial charge in [-0.15, -0.1) is 11.8 Å². The van der Waals surface area contributed by atoms with Gasteiger partial charge in [-0.1, -0.05) is 42.5 Å². The molecule has 1 aliphatic heterocycles. The van der Waals surface area contributed by atoms with Gasteiger partial charge in [-0.2, -0.15) is 0 Å². The number of thioether (sulfide) groups is 1. The molecule has 0 radical (unpaired) electrons. The van der Waals surface area contributed by atoms with E-state index >= 15 is 0 Å². The van der Waals surface area contributed by atoms with Crippen LogP contribution in [0.25, 0.3) is 22.3 Å². The van der Waals surface area contributed by atoms with Crippen molar-refractivity contribution >= 4 is 27.8 Å². The lowest BCUT2D eigenvalue weighted by atomic mass is 10.0. The second-order valence-corrected chi connectivity index (χ2v) is 6.55. The molecule has 23 heavy (non-hydrogen) atoms. The van der Waals surface area contributed by atoms with Crippen LogP contribution in [0.15, 0.2) is 62.7 Å². The average molecular weight is 321 g/mol. The van der Waals surface area contributed by atoms with E-state index in [-0.39, 0.29) is 5.43 Å². The minimum absolute atomic E-state index is 0.0240. The Morgan fingerprint density at radius 1 is 1.09 bits per heavy atom. The highest BCUT2D eigenvalue weighted by Crippen LogP contribution is 2.29. The van der Waals surface area contributed by atoms with Crippen LogP contribution in [0.5, 0.6) is 0 Å². The van der Waals surface area contributed by atoms with Crippen LogP contribution in [-0.4, -0.2) is 17.3 Å². The molecule has 4 rings (SSSR count). The third kappa shape index (κ3) is 2.39. The number of aliphatic imine (C=N–C) groups is 1. The van der Waals surface area contributed by atoms with Gasteiger partial charge in [-0.05, 0) is 13.0 Å². The van der Waals surface area contributed by atoms with Crippen LogP contribution >= 0.6 is 11.8 Å². The van der Waals surface area contributed by atoms with Crippen LogP contribution in [-0.2, 0) is 0 Å². The van der Waals surface area contributed by atoms with E-state index in [0.717, 1.165) is 28.5 Å². The number of nitrogens with zero attached hydrogens (tertiary/aromatic N) is 1.